The van der Waals surface area contributed by atoms with Crippen LogP contribution in [0.3, 0.4) is 0 Å². The Hall–Kier alpha value is -1.69. The van der Waals surface area contributed by atoms with Gasteiger partial charge in [0.15, 0.2) is 0 Å². The molecule has 1 saturated carbocycles. The lowest BCUT2D eigenvalue weighted by Crippen LogP contribution is -2.55. The van der Waals surface area contributed by atoms with Crippen LogP contribution in [0.15, 0.2) is 42.5 Å². The van der Waals surface area contributed by atoms with Crippen molar-refractivity contribution in [3.8, 4) is 0 Å². The molecule has 0 radical (unpaired) electrons. The van der Waals surface area contributed by atoms with Gasteiger partial charge in [0.2, 0.25) is 0 Å². The molecule has 4 nitrogen and oxygen atoms in total. The number of allylic oxidation sites excluding steroid dienone is 1. The Balaban J connectivity index is 1.73. The Morgan fingerprint density at radius 1 is 1.21 bits per heavy atom. The van der Waals surface area contributed by atoms with E-state index in [0.29, 0.717) is 11.8 Å². The molecule has 2 aromatic rings. The second kappa shape index (κ2) is 7.29. The van der Waals surface area contributed by atoms with Crippen molar-refractivity contribution < 1.29 is 13.0 Å². The van der Waals surface area contributed by atoms with Crippen molar-refractivity contribution in [1.82, 2.24) is 5.32 Å². The van der Waals surface area contributed by atoms with Crippen LogP contribution in [0.5, 0.6) is 0 Å². The zero-order valence-electron chi connectivity index (χ0n) is 16.6. The first-order valence-electron chi connectivity index (χ1n) is 10.2. The number of nitrogens with one attached hydrogen (secondary N) is 1. The van der Waals surface area contributed by atoms with Gasteiger partial charge in [-0.2, -0.15) is 8.42 Å². The number of benzene rings is 2. The van der Waals surface area contributed by atoms with Gasteiger partial charge in [0.1, 0.15) is 0 Å². The number of fused-ring (bicyclic) bond motifs is 5. The highest BCUT2D eigenvalue weighted by atomic mass is 32.2. The van der Waals surface area contributed by atoms with E-state index in [4.69, 9.17) is 0 Å². The van der Waals surface area contributed by atoms with Crippen LogP contribution in [0.25, 0.3) is 16.8 Å². The van der Waals surface area contributed by atoms with Gasteiger partial charge in [-0.15, -0.1) is 0 Å². The van der Waals surface area contributed by atoms with E-state index in [0.717, 1.165) is 25.8 Å². The van der Waals surface area contributed by atoms with E-state index < -0.39 is 15.7 Å². The predicted octanol–water partition coefficient (Wildman–Crippen LogP) is 4.62. The third-order valence-electron chi connectivity index (χ3n) is 6.34. The molecule has 0 spiro atoms. The van der Waals surface area contributed by atoms with Gasteiger partial charge in [-0.1, -0.05) is 62.4 Å². The fraction of sp³-hybridized carbons (Fsp3) is 0.478. The number of hydrogen-bond donors (Lipinski definition) is 2. The van der Waals surface area contributed by atoms with Crippen molar-refractivity contribution in [3.05, 3.63) is 53.6 Å². The van der Waals surface area contributed by atoms with E-state index in [1.807, 2.05) is 0 Å². The van der Waals surface area contributed by atoms with Crippen LogP contribution in [-0.4, -0.2) is 30.8 Å². The summed E-state index contributed by atoms with van der Waals surface area (Å²) in [6.45, 7) is 4.97. The van der Waals surface area contributed by atoms with Crippen LogP contribution in [0.2, 0.25) is 0 Å². The third kappa shape index (κ3) is 3.88. The van der Waals surface area contributed by atoms with Crippen molar-refractivity contribution in [3.63, 3.8) is 0 Å². The summed E-state index contributed by atoms with van der Waals surface area (Å²) in [5, 5.41) is 6.00. The molecule has 0 bridgehead atoms. The van der Waals surface area contributed by atoms with Crippen LogP contribution >= 0.6 is 0 Å². The van der Waals surface area contributed by atoms with Gasteiger partial charge in [-0.05, 0) is 65.5 Å². The maximum Gasteiger partial charge on any atom is 0.266 e. The Morgan fingerprint density at radius 3 is 2.75 bits per heavy atom. The molecule has 2 N–H and O–H groups in total. The summed E-state index contributed by atoms with van der Waals surface area (Å²) in [5.41, 5.74) is 1.98. The first-order valence-corrected chi connectivity index (χ1v) is 11.8. The van der Waals surface area contributed by atoms with Gasteiger partial charge in [-0.3, -0.25) is 4.55 Å². The molecule has 2 aliphatic rings. The van der Waals surface area contributed by atoms with Crippen molar-refractivity contribution in [2.75, 3.05) is 12.3 Å². The highest BCUT2D eigenvalue weighted by molar-refractivity contribution is 7.85. The Kier molecular flexibility index (Phi) is 5.10. The summed E-state index contributed by atoms with van der Waals surface area (Å²) < 4.78 is 33.3. The summed E-state index contributed by atoms with van der Waals surface area (Å²) in [6.07, 6.45) is 6.96. The van der Waals surface area contributed by atoms with Crippen molar-refractivity contribution in [1.29, 1.82) is 0 Å². The Labute approximate surface area is 167 Å². The van der Waals surface area contributed by atoms with Gasteiger partial charge in [-0.25, -0.2) is 0 Å². The molecule has 2 aromatic carbocycles. The molecular weight excluding hydrogens is 370 g/mol. The second-order valence-corrected chi connectivity index (χ2v) is 10.4. The monoisotopic (exact) mass is 399 g/mol. The molecule has 0 aliphatic heterocycles. The molecule has 4 rings (SSSR count). The highest BCUT2D eigenvalue weighted by Gasteiger charge is 2.44. The number of hydrogen-bond acceptors (Lipinski definition) is 3. The maximum absolute atomic E-state index is 11.8. The third-order valence-corrected chi connectivity index (χ3v) is 7.26. The van der Waals surface area contributed by atoms with E-state index in [9.17, 15) is 13.0 Å². The molecule has 150 valence electrons. The second-order valence-electron chi connectivity index (χ2n) is 8.94. The molecule has 0 heterocycles. The Bertz CT molecular complexity index is 1010. The standard InChI is InChI=1S/C23H29NO3S/c1-16(2)14-24-23(15-28(25,26)27)12-11-18-8-9-20-19-6-4-3-5-17(19)7-10-21(20)22(18)13-23/h3-10,16,18,22,24H,11-15H2,1-2H3,(H,25,26,27). The van der Waals surface area contributed by atoms with E-state index in [2.05, 4.69) is 67.7 Å². The zero-order valence-corrected chi connectivity index (χ0v) is 17.4. The molecule has 3 unspecified atom stereocenters. The molecule has 0 saturated heterocycles. The summed E-state index contributed by atoms with van der Waals surface area (Å²) in [4.78, 5) is 0. The summed E-state index contributed by atoms with van der Waals surface area (Å²) in [6, 6.07) is 12.8. The van der Waals surface area contributed by atoms with Gasteiger partial charge >= 0.3 is 0 Å². The van der Waals surface area contributed by atoms with Crippen LogP contribution < -0.4 is 5.32 Å². The molecule has 3 atom stereocenters. The fourth-order valence-corrected chi connectivity index (χ4v) is 6.11. The van der Waals surface area contributed by atoms with Gasteiger partial charge in [0, 0.05) is 5.54 Å². The summed E-state index contributed by atoms with van der Waals surface area (Å²) in [7, 11) is -4.06. The smallest absolute Gasteiger partial charge is 0.266 e. The van der Waals surface area contributed by atoms with Crippen LogP contribution in [0.4, 0.5) is 0 Å². The van der Waals surface area contributed by atoms with Crippen LogP contribution in [-0.2, 0) is 10.1 Å². The van der Waals surface area contributed by atoms with Crippen molar-refractivity contribution in [2.45, 2.75) is 44.6 Å². The van der Waals surface area contributed by atoms with Crippen LogP contribution in [0, 0.1) is 11.8 Å². The number of rotatable bonds is 5. The zero-order chi connectivity index (χ0) is 19.9. The van der Waals surface area contributed by atoms with Gasteiger partial charge < -0.3 is 5.32 Å². The first kappa shape index (κ1) is 19.6. The lowest BCUT2D eigenvalue weighted by molar-refractivity contribution is 0.193. The topological polar surface area (TPSA) is 66.4 Å². The largest absolute Gasteiger partial charge is 0.310 e. The highest BCUT2D eigenvalue weighted by Crippen LogP contribution is 2.48. The molecule has 5 heteroatoms. The van der Waals surface area contributed by atoms with E-state index >= 15 is 0 Å². The molecule has 1 fully saturated rings. The predicted molar refractivity (Wildman–Crippen MR) is 115 cm³/mol. The molecule has 2 aliphatic carbocycles. The van der Waals surface area contributed by atoms with Gasteiger partial charge in [0.25, 0.3) is 10.1 Å². The van der Waals surface area contributed by atoms with Crippen molar-refractivity contribution in [2.24, 2.45) is 11.8 Å². The van der Waals surface area contributed by atoms with Crippen molar-refractivity contribution >= 4 is 27.0 Å². The lowest BCUT2D eigenvalue weighted by Gasteiger charge is -2.46. The van der Waals surface area contributed by atoms with E-state index in [1.54, 1.807) is 0 Å². The molecule has 28 heavy (non-hydrogen) atoms. The van der Waals surface area contributed by atoms with E-state index in [-0.39, 0.29) is 11.7 Å². The average Bonchev–Trinajstić information content (AvgIpc) is 2.64. The summed E-state index contributed by atoms with van der Waals surface area (Å²) in [5.74, 6) is 0.880. The summed E-state index contributed by atoms with van der Waals surface area (Å²) >= 11 is 0. The molecule has 0 amide bonds. The Morgan fingerprint density at radius 2 is 2.00 bits per heavy atom. The minimum absolute atomic E-state index is 0.220. The maximum atomic E-state index is 11.8. The normalized spacial score (nSPS) is 27.0. The molecule has 0 aromatic heterocycles. The minimum Gasteiger partial charge on any atom is -0.310 e. The van der Waals surface area contributed by atoms with E-state index in [1.165, 1.54) is 21.9 Å². The minimum atomic E-state index is -4.06. The average molecular weight is 400 g/mol. The first-order chi connectivity index (χ1) is 13.3. The fourth-order valence-electron chi connectivity index (χ4n) is 5.04. The van der Waals surface area contributed by atoms with Gasteiger partial charge in [0.05, 0.1) is 5.75 Å². The van der Waals surface area contributed by atoms with Crippen LogP contribution in [0.1, 0.15) is 50.2 Å². The molecular formula is C23H29NO3S. The SMILES string of the molecule is CC(C)CNC1(CS(=O)(=O)O)CCC2C=Cc3c(ccc4ccccc34)C2C1. The lowest BCUT2D eigenvalue weighted by atomic mass is 9.65. The quantitative estimate of drug-likeness (QED) is 0.720.